The third kappa shape index (κ3) is 25.4. The molecule has 1 saturated heterocycles. The number of carbonyl (C=O) groups excluding carboxylic acids is 11. The number of nitrogens with zero attached hydrogens (tertiary/aromatic N) is 7. The van der Waals surface area contributed by atoms with Crippen molar-refractivity contribution in [2.45, 2.75) is 228 Å². The van der Waals surface area contributed by atoms with E-state index in [1.807, 2.05) is 41.5 Å². The molecule has 5 N–H and O–H groups in total. The highest BCUT2D eigenvalue weighted by atomic mass is 32.2. The summed E-state index contributed by atoms with van der Waals surface area (Å²) >= 11 is 0. The van der Waals surface area contributed by atoms with E-state index in [2.05, 4.69) is 21.3 Å². The van der Waals surface area contributed by atoms with Gasteiger partial charge in [-0.05, 0) is 108 Å². The lowest BCUT2D eigenvalue weighted by Crippen LogP contribution is -2.63. The van der Waals surface area contributed by atoms with Gasteiger partial charge < -0.3 is 65.4 Å². The number of allylic oxidation sites excluding steroid dienone is 2. The van der Waals surface area contributed by atoms with Crippen LogP contribution in [0.25, 0.3) is 0 Å². The molecular weight excluding hydrogens is 1220 g/mol. The summed E-state index contributed by atoms with van der Waals surface area (Å²) in [6.07, 6.45) is 2.90. The average molecular weight is 1340 g/mol. The van der Waals surface area contributed by atoms with Gasteiger partial charge in [-0.15, -0.1) is 0 Å². The Morgan fingerprint density at radius 2 is 0.989 bits per heavy atom. The molecule has 28 heteroatoms. The largest absolute Gasteiger partial charge is 0.390 e. The third-order valence-electron chi connectivity index (χ3n) is 17.0. The van der Waals surface area contributed by atoms with Crippen molar-refractivity contribution in [1.29, 1.82) is 0 Å². The predicted octanol–water partition coefficient (Wildman–Crippen LogP) is 2.38. The van der Waals surface area contributed by atoms with Crippen molar-refractivity contribution < 1.29 is 75.2 Å². The van der Waals surface area contributed by atoms with Gasteiger partial charge in [0.05, 0.1) is 31.6 Å². The first kappa shape index (κ1) is 84.8. The van der Waals surface area contributed by atoms with Gasteiger partial charge in [-0.1, -0.05) is 95.2 Å². The Kier molecular flexibility index (Phi) is 35.5. The van der Waals surface area contributed by atoms with Crippen LogP contribution in [0.5, 0.6) is 0 Å². The second-order valence-electron chi connectivity index (χ2n) is 27.2. The maximum atomic E-state index is 15.2. The van der Waals surface area contributed by atoms with E-state index in [0.717, 1.165) is 21.0 Å². The fourth-order valence-corrected chi connectivity index (χ4v) is 11.7. The number of aliphatic hydroxyl groups excluding tert-OH is 1. The zero-order valence-electron chi connectivity index (χ0n) is 60.2. The molecule has 0 aromatic carbocycles. The zero-order valence-corrected chi connectivity index (χ0v) is 61.0. The van der Waals surface area contributed by atoms with Crippen LogP contribution in [0.2, 0.25) is 0 Å². The van der Waals surface area contributed by atoms with E-state index in [1.165, 1.54) is 89.7 Å². The van der Waals surface area contributed by atoms with E-state index in [-0.39, 0.29) is 75.9 Å². The summed E-state index contributed by atoms with van der Waals surface area (Å²) in [6, 6.07) is -13.2. The van der Waals surface area contributed by atoms with E-state index >= 15 is 14.4 Å². The molecule has 1 fully saturated rings. The van der Waals surface area contributed by atoms with Crippen LogP contribution in [0, 0.1) is 35.5 Å². The molecule has 0 radical (unpaired) electrons. The average Bonchev–Trinajstić information content (AvgIpc) is 0.826. The van der Waals surface area contributed by atoms with Gasteiger partial charge in [0, 0.05) is 55.9 Å². The summed E-state index contributed by atoms with van der Waals surface area (Å²) in [6.45, 7) is 26.4. The number of rotatable bonds is 21. The Hall–Kier alpha value is -6.26. The second-order valence-corrected chi connectivity index (χ2v) is 28.8. The lowest BCUT2D eigenvalue weighted by atomic mass is 9.91. The number of hydrogen-bond acceptors (Lipinski definition) is 16. The quantitative estimate of drug-likeness (QED) is 0.0626. The highest BCUT2D eigenvalue weighted by molar-refractivity contribution is 7.85. The van der Waals surface area contributed by atoms with E-state index in [9.17, 15) is 51.9 Å². The molecule has 534 valence electrons. The number of nitrogens with one attached hydrogen (secondary N) is 4. The van der Waals surface area contributed by atoms with Gasteiger partial charge in [0.2, 0.25) is 65.0 Å². The maximum Gasteiger partial charge on any atom is 0.264 e. The van der Waals surface area contributed by atoms with Gasteiger partial charge in [0.1, 0.15) is 60.4 Å². The Morgan fingerprint density at radius 3 is 1.47 bits per heavy atom. The van der Waals surface area contributed by atoms with Crippen molar-refractivity contribution >= 4 is 75.1 Å². The van der Waals surface area contributed by atoms with Gasteiger partial charge in [-0.2, -0.15) is 8.42 Å². The van der Waals surface area contributed by atoms with Crippen LogP contribution in [0.15, 0.2) is 12.2 Å². The molecule has 93 heavy (non-hydrogen) atoms. The topological polar surface area (TPSA) is 331 Å². The van der Waals surface area contributed by atoms with Gasteiger partial charge in [-0.25, -0.2) is 0 Å². The first-order valence-corrected chi connectivity index (χ1v) is 34.5. The molecular formula is C65H117N11O16S. The Labute approximate surface area is 555 Å². The summed E-state index contributed by atoms with van der Waals surface area (Å²) in [4.78, 5) is 170. The van der Waals surface area contributed by atoms with Crippen LogP contribution in [0.1, 0.15) is 156 Å². The van der Waals surface area contributed by atoms with Gasteiger partial charge in [0.25, 0.3) is 10.1 Å². The summed E-state index contributed by atoms with van der Waals surface area (Å²) in [5.74, 6) is -10.6. The predicted molar refractivity (Wildman–Crippen MR) is 354 cm³/mol. The second kappa shape index (κ2) is 38.9. The summed E-state index contributed by atoms with van der Waals surface area (Å²) in [5.41, 5.74) is 0. The van der Waals surface area contributed by atoms with E-state index in [4.69, 9.17) is 8.92 Å². The normalized spacial score (nSPS) is 26.1. The van der Waals surface area contributed by atoms with Gasteiger partial charge >= 0.3 is 0 Å². The number of likely N-dealkylation sites (N-methyl/N-ethyl adjacent to an activating group) is 7. The van der Waals surface area contributed by atoms with E-state index in [1.54, 1.807) is 60.6 Å². The van der Waals surface area contributed by atoms with Crippen molar-refractivity contribution in [2.75, 3.05) is 75.3 Å². The Balaban J connectivity index is 4.38. The number of carbonyl (C=O) groups is 11. The van der Waals surface area contributed by atoms with E-state index < -0.39 is 172 Å². The molecule has 1 aliphatic rings. The van der Waals surface area contributed by atoms with Crippen molar-refractivity contribution in [2.24, 2.45) is 35.5 Å². The highest BCUT2D eigenvalue weighted by Crippen LogP contribution is 2.26. The molecule has 1 rings (SSSR count). The molecule has 0 bridgehead atoms. The van der Waals surface area contributed by atoms with Crippen molar-refractivity contribution in [3.05, 3.63) is 12.2 Å². The molecule has 0 unspecified atom stereocenters. The summed E-state index contributed by atoms with van der Waals surface area (Å²) < 4.78 is 34.1. The van der Waals surface area contributed by atoms with Crippen LogP contribution < -0.4 is 21.3 Å². The SMILES string of the molecule is CC=CC[C@@H](C)[C@@H](O)[C@H]1C(=O)N[C@@H](CC)C(=O)N(C)CC(=O)N(C)[C@@H]([C@@H](C)OCCCCOS(C)(=O)=O)C(=O)N[C@@H](C(C)C)C(=O)N(C)[C@@H](CC(C)C)C(=O)N[C@@H](C)C(=O)N[C@H](C)C(=O)N(C)[C@@H](CC(C)C)C(=O)N(C)[C@@H](CC(C)C)C(=O)N(C)[C@@H](C(C)C)C(=O)N1C. The number of hydrogen-bond donors (Lipinski definition) is 5. The molecule has 0 aromatic heterocycles. The van der Waals surface area contributed by atoms with Crippen molar-refractivity contribution in [3.8, 4) is 0 Å². The zero-order chi connectivity index (χ0) is 72.0. The van der Waals surface area contributed by atoms with Crippen LogP contribution in [-0.2, 0) is 71.8 Å². The van der Waals surface area contributed by atoms with Crippen LogP contribution >= 0.6 is 0 Å². The van der Waals surface area contributed by atoms with Crippen LogP contribution in [-0.4, -0.2) is 261 Å². The lowest BCUT2D eigenvalue weighted by Gasteiger charge is -2.41. The molecule has 27 nitrogen and oxygen atoms in total. The van der Waals surface area contributed by atoms with Crippen LogP contribution in [0.4, 0.5) is 0 Å². The Bertz CT molecular complexity index is 2670. The molecule has 0 spiro atoms. The minimum absolute atomic E-state index is 0.0337. The first-order valence-electron chi connectivity index (χ1n) is 32.7. The highest BCUT2D eigenvalue weighted by Gasteiger charge is 2.46. The standard InChI is InChI=1S/C65H117N11O16S/c1-25-27-30-42(13)55(78)54-59(82)68-46(26-2)61(84)70(17)36-50(77)74(21)53(45(16)91-31-28-29-32-92-93(24,89)90)58(81)69-51(40(9)10)64(87)71(18)47(33-37(3)4)57(80)66-43(14)56(79)67-44(15)60(83)72(19)48(34-38(5)6)62(85)73(20)49(35-39(7)8)63(86)75(22)52(41(11)12)65(88)76(54)23/h25,27,37-49,51-55,78H,26,28-36H2,1-24H3,(H,66,80)(H,67,79)(H,68,82)(H,69,81)/t42-,43+,44-,45-,46+,47+,48+,49+,51+,52+,53+,54+,55-/m1/s1. The van der Waals surface area contributed by atoms with Crippen molar-refractivity contribution in [1.82, 2.24) is 55.6 Å². The minimum atomic E-state index is -3.72. The number of unbranched alkanes of at least 4 members (excludes halogenated alkanes) is 1. The number of ether oxygens (including phenoxy) is 1. The third-order valence-corrected chi connectivity index (χ3v) is 17.6. The van der Waals surface area contributed by atoms with Gasteiger partial charge in [0.15, 0.2) is 0 Å². The fraction of sp³-hybridized carbons (Fsp3) is 0.800. The molecule has 11 amide bonds. The fourth-order valence-electron chi connectivity index (χ4n) is 11.2. The number of aliphatic hydroxyl groups is 1. The molecule has 1 aliphatic heterocycles. The molecule has 0 saturated carbocycles. The summed E-state index contributed by atoms with van der Waals surface area (Å²) in [7, 11) is 5.89. The smallest absolute Gasteiger partial charge is 0.264 e. The number of amides is 11. The van der Waals surface area contributed by atoms with Gasteiger partial charge in [-0.3, -0.25) is 56.9 Å². The monoisotopic (exact) mass is 1340 g/mol. The van der Waals surface area contributed by atoms with Crippen molar-refractivity contribution in [3.63, 3.8) is 0 Å². The Morgan fingerprint density at radius 1 is 0.527 bits per heavy atom. The lowest BCUT2D eigenvalue weighted by molar-refractivity contribution is -0.157. The molecule has 0 aromatic rings. The van der Waals surface area contributed by atoms with E-state index in [0.29, 0.717) is 0 Å². The molecule has 0 aliphatic carbocycles. The maximum absolute atomic E-state index is 15.2. The summed E-state index contributed by atoms with van der Waals surface area (Å²) in [5, 5.41) is 23.0. The van der Waals surface area contributed by atoms with Crippen LogP contribution in [0.3, 0.4) is 0 Å². The minimum Gasteiger partial charge on any atom is -0.390 e. The molecule has 1 heterocycles. The molecule has 13 atom stereocenters. The first-order chi connectivity index (χ1) is 42.9.